The van der Waals surface area contributed by atoms with Gasteiger partial charge in [0.05, 0.1) is 17.8 Å². The Morgan fingerprint density at radius 3 is 2.12 bits per heavy atom. The number of hydrogen-bond donors (Lipinski definition) is 3. The normalized spacial score (nSPS) is 16.5. The van der Waals surface area contributed by atoms with Crippen molar-refractivity contribution in [3.8, 4) is 11.1 Å². The second kappa shape index (κ2) is 11.1. The summed E-state index contributed by atoms with van der Waals surface area (Å²) in [6.45, 7) is 7.71. The molecular weight excluding hydrogens is 522 g/mol. The van der Waals surface area contributed by atoms with E-state index in [-0.39, 0.29) is 23.6 Å². The van der Waals surface area contributed by atoms with Gasteiger partial charge in [-0.3, -0.25) is 10.2 Å². The number of rotatable bonds is 5. The quantitative estimate of drug-likeness (QED) is 0.315. The molecule has 12 heteroatoms. The Balaban J connectivity index is 1.19. The Hall–Kier alpha value is -4.61. The molecule has 4 N–H and O–H groups in total. The predicted octanol–water partition coefficient (Wildman–Crippen LogP) is 3.40. The van der Waals surface area contributed by atoms with E-state index >= 15 is 0 Å². The van der Waals surface area contributed by atoms with Gasteiger partial charge >= 0.3 is 6.09 Å². The van der Waals surface area contributed by atoms with E-state index in [9.17, 15) is 9.59 Å². The van der Waals surface area contributed by atoms with Gasteiger partial charge in [-0.15, -0.1) is 0 Å². The fraction of sp³-hybridized carbons (Fsp3) is 0.414. The maximum absolute atomic E-state index is 13.0. The van der Waals surface area contributed by atoms with Crippen LogP contribution < -0.4 is 16.0 Å². The Kier molecular flexibility index (Phi) is 7.57. The van der Waals surface area contributed by atoms with Gasteiger partial charge < -0.3 is 25.6 Å². The van der Waals surface area contributed by atoms with Crippen LogP contribution in [0.3, 0.4) is 0 Å². The van der Waals surface area contributed by atoms with Crippen LogP contribution in [0.5, 0.6) is 0 Å². The minimum absolute atomic E-state index is 0.138. The average Bonchev–Trinajstić information content (AvgIpc) is 2.92. The smallest absolute Gasteiger partial charge is 0.410 e. The minimum atomic E-state index is -0.549. The molecule has 2 fully saturated rings. The first kappa shape index (κ1) is 27.9. The lowest BCUT2D eigenvalue weighted by atomic mass is 9.63. The molecule has 41 heavy (non-hydrogen) atoms. The largest absolute Gasteiger partial charge is 0.444 e. The SMILES string of the molecule is CC(C)(C)OC(=O)N1CCN(c2cnc(C(=O)NC(=N)C3(c4ccc(-c5cnc(N)nc5)cc4)CCC3)cn2)CC1. The molecule has 2 amide bonds. The molecule has 0 atom stereocenters. The lowest BCUT2D eigenvalue weighted by Crippen LogP contribution is -2.51. The standard InChI is InChI=1S/C29H35N9O3/c1-28(2,3)41-27(40)38-13-11-37(12-14-38)23-18-32-22(17-33-23)24(39)36-25(30)29(9-4-10-29)21-7-5-19(6-8-21)20-15-34-26(31)35-16-20/h5-8,15-18H,4,9-14H2,1-3H3,(H2,30,36,39)(H2,31,34,35). The molecule has 1 aliphatic heterocycles. The number of nitrogens with two attached hydrogens (primary N) is 1. The van der Waals surface area contributed by atoms with Gasteiger partial charge in [-0.25, -0.2) is 24.7 Å². The number of carbonyl (C=O) groups is 2. The maximum Gasteiger partial charge on any atom is 0.410 e. The molecule has 3 aromatic rings. The highest BCUT2D eigenvalue weighted by Crippen LogP contribution is 2.44. The predicted molar refractivity (Wildman–Crippen MR) is 155 cm³/mol. The molecule has 1 saturated carbocycles. The highest BCUT2D eigenvalue weighted by Gasteiger charge is 2.43. The highest BCUT2D eigenvalue weighted by atomic mass is 16.6. The summed E-state index contributed by atoms with van der Waals surface area (Å²) in [5.74, 6) is 0.537. The zero-order chi connectivity index (χ0) is 29.2. The number of anilines is 2. The third kappa shape index (κ3) is 6.11. The number of nitrogens with zero attached hydrogens (tertiary/aromatic N) is 6. The second-order valence-electron chi connectivity index (χ2n) is 11.4. The van der Waals surface area contributed by atoms with Gasteiger partial charge in [0.15, 0.2) is 0 Å². The lowest BCUT2D eigenvalue weighted by molar-refractivity contribution is 0.0240. The molecule has 0 bridgehead atoms. The summed E-state index contributed by atoms with van der Waals surface area (Å²) in [5.41, 5.74) is 7.41. The van der Waals surface area contributed by atoms with Crippen LogP contribution in [0.1, 0.15) is 56.1 Å². The number of amides is 2. The van der Waals surface area contributed by atoms with Gasteiger partial charge in [-0.05, 0) is 44.7 Å². The van der Waals surface area contributed by atoms with Gasteiger partial charge in [-0.2, -0.15) is 0 Å². The van der Waals surface area contributed by atoms with Crippen molar-refractivity contribution < 1.29 is 14.3 Å². The number of hydrogen-bond acceptors (Lipinski definition) is 10. The molecular formula is C29H35N9O3. The van der Waals surface area contributed by atoms with E-state index in [1.165, 1.54) is 6.20 Å². The number of aromatic nitrogens is 4. The van der Waals surface area contributed by atoms with Crippen molar-refractivity contribution in [1.29, 1.82) is 5.41 Å². The zero-order valence-electron chi connectivity index (χ0n) is 23.6. The Labute approximate surface area is 238 Å². The number of carbonyl (C=O) groups excluding carboxylic acids is 2. The van der Waals surface area contributed by atoms with E-state index in [0.29, 0.717) is 32.0 Å². The molecule has 1 aromatic carbocycles. The molecule has 1 saturated heterocycles. The Bertz CT molecular complexity index is 1410. The fourth-order valence-electron chi connectivity index (χ4n) is 5.03. The second-order valence-corrected chi connectivity index (χ2v) is 11.4. The van der Waals surface area contributed by atoms with E-state index in [4.69, 9.17) is 15.9 Å². The summed E-state index contributed by atoms with van der Waals surface area (Å²) in [5, 5.41) is 11.6. The van der Waals surface area contributed by atoms with Crippen LogP contribution in [0.4, 0.5) is 16.6 Å². The van der Waals surface area contributed by atoms with E-state index < -0.39 is 16.9 Å². The molecule has 214 valence electrons. The summed E-state index contributed by atoms with van der Waals surface area (Å²) >= 11 is 0. The third-order valence-corrected chi connectivity index (χ3v) is 7.49. The Morgan fingerprint density at radius 2 is 1.59 bits per heavy atom. The first-order valence-corrected chi connectivity index (χ1v) is 13.7. The first-order valence-electron chi connectivity index (χ1n) is 13.7. The van der Waals surface area contributed by atoms with Crippen LogP contribution >= 0.6 is 0 Å². The van der Waals surface area contributed by atoms with Gasteiger partial charge in [0.2, 0.25) is 5.95 Å². The molecule has 12 nitrogen and oxygen atoms in total. The minimum Gasteiger partial charge on any atom is -0.444 e. The molecule has 3 heterocycles. The fourth-order valence-corrected chi connectivity index (χ4v) is 5.03. The van der Waals surface area contributed by atoms with E-state index in [0.717, 1.165) is 36.0 Å². The molecule has 0 radical (unpaired) electrons. The number of nitrogen functional groups attached to an aromatic ring is 1. The van der Waals surface area contributed by atoms with Crippen molar-refractivity contribution in [2.45, 2.75) is 51.0 Å². The Morgan fingerprint density at radius 1 is 0.927 bits per heavy atom. The van der Waals surface area contributed by atoms with Crippen LogP contribution in [0, 0.1) is 5.41 Å². The maximum atomic E-state index is 13.0. The summed E-state index contributed by atoms with van der Waals surface area (Å²) < 4.78 is 5.45. The summed E-state index contributed by atoms with van der Waals surface area (Å²) in [4.78, 5) is 45.9. The number of piperazine rings is 1. The van der Waals surface area contributed by atoms with Crippen molar-refractivity contribution in [2.24, 2.45) is 0 Å². The lowest BCUT2D eigenvalue weighted by Gasteiger charge is -2.42. The molecule has 2 aromatic heterocycles. The third-order valence-electron chi connectivity index (χ3n) is 7.49. The highest BCUT2D eigenvalue weighted by molar-refractivity contribution is 6.08. The molecule has 0 spiro atoms. The van der Waals surface area contributed by atoms with Crippen molar-refractivity contribution >= 4 is 29.6 Å². The van der Waals surface area contributed by atoms with Crippen molar-refractivity contribution in [2.75, 3.05) is 36.8 Å². The van der Waals surface area contributed by atoms with Crippen LogP contribution in [-0.4, -0.2) is 74.5 Å². The van der Waals surface area contributed by atoms with Crippen LogP contribution in [0.15, 0.2) is 49.1 Å². The molecule has 2 aliphatic rings. The van der Waals surface area contributed by atoms with Gasteiger partial charge in [0, 0.05) is 44.1 Å². The number of ether oxygens (including phenoxy) is 1. The van der Waals surface area contributed by atoms with Gasteiger partial charge in [-0.1, -0.05) is 30.7 Å². The topological polar surface area (TPSA) is 163 Å². The monoisotopic (exact) mass is 557 g/mol. The molecule has 5 rings (SSSR count). The first-order chi connectivity index (χ1) is 19.5. The van der Waals surface area contributed by atoms with Crippen LogP contribution in [0.2, 0.25) is 0 Å². The molecule has 0 unspecified atom stereocenters. The summed E-state index contributed by atoms with van der Waals surface area (Å²) in [6, 6.07) is 7.92. The molecule has 1 aliphatic carbocycles. The van der Waals surface area contributed by atoms with Gasteiger partial charge in [0.1, 0.15) is 22.9 Å². The van der Waals surface area contributed by atoms with Gasteiger partial charge in [0.25, 0.3) is 5.91 Å². The summed E-state index contributed by atoms with van der Waals surface area (Å²) in [7, 11) is 0. The number of benzene rings is 1. The van der Waals surface area contributed by atoms with E-state index in [1.807, 2.05) is 49.9 Å². The average molecular weight is 558 g/mol. The van der Waals surface area contributed by atoms with Crippen molar-refractivity contribution in [3.63, 3.8) is 0 Å². The number of nitrogens with one attached hydrogen (secondary N) is 2. The van der Waals surface area contributed by atoms with Crippen LogP contribution in [0.25, 0.3) is 11.1 Å². The summed E-state index contributed by atoms with van der Waals surface area (Å²) in [6.07, 6.45) is 8.53. The van der Waals surface area contributed by atoms with E-state index in [1.54, 1.807) is 23.5 Å². The van der Waals surface area contributed by atoms with Crippen LogP contribution in [-0.2, 0) is 10.2 Å². The zero-order valence-corrected chi connectivity index (χ0v) is 23.6. The van der Waals surface area contributed by atoms with Crippen molar-refractivity contribution in [1.82, 2.24) is 30.2 Å². The van der Waals surface area contributed by atoms with E-state index in [2.05, 4.69) is 25.3 Å². The number of amidine groups is 1. The van der Waals surface area contributed by atoms with Crippen molar-refractivity contribution in [3.05, 3.63) is 60.3 Å².